The molecule has 1 fully saturated rings. The summed E-state index contributed by atoms with van der Waals surface area (Å²) in [4.78, 5) is 11.5. The van der Waals surface area contributed by atoms with Crippen molar-refractivity contribution < 1.29 is 19.4 Å². The fourth-order valence-electron chi connectivity index (χ4n) is 2.51. The van der Waals surface area contributed by atoms with E-state index in [2.05, 4.69) is 5.32 Å². The molecule has 0 spiro atoms. The first-order valence-electron chi connectivity index (χ1n) is 6.26. The fraction of sp³-hybridized carbons (Fsp3) is 0.500. The minimum Gasteiger partial charge on any atom is -0.497 e. The Labute approximate surface area is 112 Å². The second kappa shape index (κ2) is 5.48. The molecule has 0 bridgehead atoms. The molecule has 5 nitrogen and oxygen atoms in total. The second-order valence-electron chi connectivity index (χ2n) is 4.91. The zero-order valence-electron chi connectivity index (χ0n) is 11.2. The van der Waals surface area contributed by atoms with Crippen LogP contribution < -0.4 is 14.8 Å². The topological polar surface area (TPSA) is 67.8 Å². The van der Waals surface area contributed by atoms with E-state index < -0.39 is 11.4 Å². The summed E-state index contributed by atoms with van der Waals surface area (Å²) >= 11 is 0. The number of rotatable bonds is 5. The van der Waals surface area contributed by atoms with E-state index in [1.165, 1.54) is 0 Å². The molecule has 1 aromatic rings. The van der Waals surface area contributed by atoms with E-state index in [1.54, 1.807) is 20.3 Å². The van der Waals surface area contributed by atoms with Crippen molar-refractivity contribution in [2.24, 2.45) is 5.41 Å². The van der Waals surface area contributed by atoms with Crippen LogP contribution in [0.4, 0.5) is 0 Å². The molecule has 0 aromatic heterocycles. The molecule has 1 heterocycles. The van der Waals surface area contributed by atoms with Gasteiger partial charge in [0.1, 0.15) is 11.5 Å². The highest BCUT2D eigenvalue weighted by atomic mass is 16.5. The molecule has 1 atom stereocenters. The zero-order chi connectivity index (χ0) is 13.9. The first-order valence-corrected chi connectivity index (χ1v) is 6.26. The van der Waals surface area contributed by atoms with Crippen molar-refractivity contribution in [1.29, 1.82) is 0 Å². The van der Waals surface area contributed by atoms with Crippen molar-refractivity contribution in [3.63, 3.8) is 0 Å². The molecule has 1 aliphatic rings. The van der Waals surface area contributed by atoms with Crippen molar-refractivity contribution in [3.05, 3.63) is 23.8 Å². The maximum Gasteiger partial charge on any atom is 0.311 e. The Hall–Kier alpha value is -1.75. The van der Waals surface area contributed by atoms with Crippen LogP contribution in [-0.4, -0.2) is 38.4 Å². The number of aliphatic carboxylic acids is 1. The number of carboxylic acid groups (broad SMARTS) is 1. The average Bonchev–Trinajstić information content (AvgIpc) is 2.88. The maximum atomic E-state index is 11.5. The van der Waals surface area contributed by atoms with Gasteiger partial charge in [0.2, 0.25) is 0 Å². The molecule has 104 valence electrons. The summed E-state index contributed by atoms with van der Waals surface area (Å²) < 4.78 is 10.4. The van der Waals surface area contributed by atoms with Gasteiger partial charge in [0.25, 0.3) is 0 Å². The Morgan fingerprint density at radius 1 is 1.32 bits per heavy atom. The van der Waals surface area contributed by atoms with Crippen molar-refractivity contribution in [2.45, 2.75) is 12.8 Å². The Balaban J connectivity index is 2.28. The van der Waals surface area contributed by atoms with Crippen molar-refractivity contribution >= 4 is 5.97 Å². The van der Waals surface area contributed by atoms with Gasteiger partial charge in [0.15, 0.2) is 0 Å². The number of hydrogen-bond donors (Lipinski definition) is 2. The summed E-state index contributed by atoms with van der Waals surface area (Å²) in [6.07, 6.45) is 1.12. The highest BCUT2D eigenvalue weighted by molar-refractivity contribution is 5.76. The quantitative estimate of drug-likeness (QED) is 0.840. The third-order valence-electron chi connectivity index (χ3n) is 3.65. The van der Waals surface area contributed by atoms with Crippen LogP contribution in [0.15, 0.2) is 18.2 Å². The van der Waals surface area contributed by atoms with E-state index in [0.717, 1.165) is 12.1 Å². The van der Waals surface area contributed by atoms with Crippen LogP contribution in [0.25, 0.3) is 0 Å². The third-order valence-corrected chi connectivity index (χ3v) is 3.65. The largest absolute Gasteiger partial charge is 0.497 e. The predicted molar refractivity (Wildman–Crippen MR) is 70.8 cm³/mol. The van der Waals surface area contributed by atoms with Crippen LogP contribution in [0.2, 0.25) is 0 Å². The van der Waals surface area contributed by atoms with Gasteiger partial charge in [-0.15, -0.1) is 0 Å². The summed E-state index contributed by atoms with van der Waals surface area (Å²) in [5.41, 5.74) is 0.194. The molecule has 0 radical (unpaired) electrons. The van der Waals surface area contributed by atoms with Crippen LogP contribution >= 0.6 is 0 Å². The first-order chi connectivity index (χ1) is 9.09. The van der Waals surface area contributed by atoms with Gasteiger partial charge in [-0.05, 0) is 37.1 Å². The molecule has 1 unspecified atom stereocenters. The van der Waals surface area contributed by atoms with Gasteiger partial charge in [-0.2, -0.15) is 0 Å². The summed E-state index contributed by atoms with van der Waals surface area (Å²) in [6, 6.07) is 5.51. The predicted octanol–water partition coefficient (Wildman–Crippen LogP) is 1.31. The average molecular weight is 265 g/mol. The molecule has 0 saturated carbocycles. The SMILES string of the molecule is COc1cc(CC2(C(=O)O)CCNC2)cc(OC)c1. The monoisotopic (exact) mass is 265 g/mol. The lowest BCUT2D eigenvalue weighted by atomic mass is 9.81. The molecule has 1 saturated heterocycles. The molecule has 1 aromatic carbocycles. The maximum absolute atomic E-state index is 11.5. The Bertz CT molecular complexity index is 444. The van der Waals surface area contributed by atoms with Gasteiger partial charge in [-0.1, -0.05) is 0 Å². The number of hydrogen-bond acceptors (Lipinski definition) is 4. The molecular formula is C14H19NO4. The molecule has 0 aliphatic carbocycles. The van der Waals surface area contributed by atoms with Gasteiger partial charge in [0, 0.05) is 12.6 Å². The van der Waals surface area contributed by atoms with Crippen molar-refractivity contribution in [2.75, 3.05) is 27.3 Å². The minimum absolute atomic E-state index is 0.475. The second-order valence-corrected chi connectivity index (χ2v) is 4.91. The van der Waals surface area contributed by atoms with E-state index in [9.17, 15) is 9.90 Å². The van der Waals surface area contributed by atoms with Crippen molar-refractivity contribution in [1.82, 2.24) is 5.32 Å². The van der Waals surface area contributed by atoms with Gasteiger partial charge in [-0.25, -0.2) is 0 Å². The highest BCUT2D eigenvalue weighted by Crippen LogP contribution is 2.33. The highest BCUT2D eigenvalue weighted by Gasteiger charge is 2.41. The lowest BCUT2D eigenvalue weighted by Gasteiger charge is -2.23. The zero-order valence-corrected chi connectivity index (χ0v) is 11.2. The Morgan fingerprint density at radius 2 is 1.95 bits per heavy atom. The van der Waals surface area contributed by atoms with Crippen LogP contribution in [0.5, 0.6) is 11.5 Å². The van der Waals surface area contributed by atoms with Crippen LogP contribution in [0.3, 0.4) is 0 Å². The van der Waals surface area contributed by atoms with E-state index >= 15 is 0 Å². The third kappa shape index (κ3) is 2.81. The number of nitrogens with one attached hydrogen (secondary N) is 1. The van der Waals surface area contributed by atoms with Gasteiger partial charge >= 0.3 is 5.97 Å². The fourth-order valence-corrected chi connectivity index (χ4v) is 2.51. The number of carbonyl (C=O) groups is 1. The lowest BCUT2D eigenvalue weighted by molar-refractivity contribution is -0.147. The summed E-state index contributed by atoms with van der Waals surface area (Å²) in [7, 11) is 3.17. The van der Waals surface area contributed by atoms with Gasteiger partial charge < -0.3 is 19.9 Å². The molecule has 0 amide bonds. The number of benzene rings is 1. The van der Waals surface area contributed by atoms with Crippen LogP contribution in [-0.2, 0) is 11.2 Å². The number of methoxy groups -OCH3 is 2. The molecule has 1 aliphatic heterocycles. The smallest absolute Gasteiger partial charge is 0.311 e. The molecule has 19 heavy (non-hydrogen) atoms. The van der Waals surface area contributed by atoms with E-state index in [4.69, 9.17) is 9.47 Å². The van der Waals surface area contributed by atoms with Gasteiger partial charge in [-0.3, -0.25) is 4.79 Å². The van der Waals surface area contributed by atoms with Crippen molar-refractivity contribution in [3.8, 4) is 11.5 Å². The molecule has 2 rings (SSSR count). The van der Waals surface area contributed by atoms with E-state index in [-0.39, 0.29) is 0 Å². The van der Waals surface area contributed by atoms with E-state index in [0.29, 0.717) is 30.9 Å². The Kier molecular flexibility index (Phi) is 3.95. The minimum atomic E-state index is -0.751. The molecule has 5 heteroatoms. The van der Waals surface area contributed by atoms with Crippen LogP contribution in [0.1, 0.15) is 12.0 Å². The summed E-state index contributed by atoms with van der Waals surface area (Å²) in [5, 5.41) is 12.6. The van der Waals surface area contributed by atoms with Crippen LogP contribution in [0, 0.1) is 5.41 Å². The standard InChI is InChI=1S/C14H19NO4/c1-18-11-5-10(6-12(7-11)19-2)8-14(13(16)17)3-4-15-9-14/h5-7,15H,3-4,8-9H2,1-2H3,(H,16,17). The van der Waals surface area contributed by atoms with Gasteiger partial charge in [0.05, 0.1) is 19.6 Å². The first kappa shape index (κ1) is 13.7. The van der Waals surface area contributed by atoms with E-state index in [1.807, 2.05) is 12.1 Å². The normalized spacial score (nSPS) is 22.2. The number of ether oxygens (including phenoxy) is 2. The molecule has 2 N–H and O–H groups in total. The summed E-state index contributed by atoms with van der Waals surface area (Å²) in [5.74, 6) is 0.612. The molecular weight excluding hydrogens is 246 g/mol. The Morgan fingerprint density at radius 3 is 2.37 bits per heavy atom. The summed E-state index contributed by atoms with van der Waals surface area (Å²) in [6.45, 7) is 1.25. The lowest BCUT2D eigenvalue weighted by Crippen LogP contribution is -2.35. The number of carboxylic acids is 1.